The molecule has 2 unspecified atom stereocenters. The Morgan fingerprint density at radius 3 is 2.70 bits per heavy atom. The van der Waals surface area contributed by atoms with E-state index in [4.69, 9.17) is 0 Å². The van der Waals surface area contributed by atoms with Gasteiger partial charge in [0.05, 0.1) is 6.42 Å². The second-order valence-electron chi connectivity index (χ2n) is 5.28. The first kappa shape index (κ1) is 15.0. The van der Waals surface area contributed by atoms with Crippen molar-refractivity contribution < 1.29 is 9.59 Å². The number of nitrogens with zero attached hydrogens (tertiary/aromatic N) is 1. The largest absolute Gasteiger partial charge is 0.373 e. The lowest BCUT2D eigenvalue weighted by Gasteiger charge is -2.22. The lowest BCUT2D eigenvalue weighted by Crippen LogP contribution is -2.40. The van der Waals surface area contributed by atoms with E-state index in [0.717, 1.165) is 22.1 Å². The molecular formula is C15H19BrN2O2. The monoisotopic (exact) mass is 338 g/mol. The number of anilines is 1. The SMILES string of the molecule is CCC(C)N1C(=O)CC(Nc2cc(C)cc(Br)c2)C1=O. The van der Waals surface area contributed by atoms with Crippen LogP contribution in [0.4, 0.5) is 5.69 Å². The summed E-state index contributed by atoms with van der Waals surface area (Å²) >= 11 is 3.43. The number of rotatable bonds is 4. The zero-order valence-corrected chi connectivity index (χ0v) is 13.5. The van der Waals surface area contributed by atoms with E-state index in [0.29, 0.717) is 0 Å². The highest BCUT2D eigenvalue weighted by atomic mass is 79.9. The summed E-state index contributed by atoms with van der Waals surface area (Å²) < 4.78 is 0.954. The molecule has 0 saturated carbocycles. The molecule has 2 atom stereocenters. The minimum absolute atomic E-state index is 0.0361. The van der Waals surface area contributed by atoms with E-state index >= 15 is 0 Å². The molecule has 0 aromatic heterocycles. The lowest BCUT2D eigenvalue weighted by atomic mass is 10.2. The fraction of sp³-hybridized carbons (Fsp3) is 0.467. The number of nitrogens with one attached hydrogen (secondary N) is 1. The van der Waals surface area contributed by atoms with Gasteiger partial charge >= 0.3 is 0 Å². The Bertz CT molecular complexity index is 524. The summed E-state index contributed by atoms with van der Waals surface area (Å²) in [6.45, 7) is 5.87. The number of hydrogen-bond acceptors (Lipinski definition) is 3. The number of likely N-dealkylation sites (tertiary alicyclic amines) is 1. The Kier molecular flexibility index (Phi) is 4.48. The van der Waals surface area contributed by atoms with Crippen molar-refractivity contribution in [3.05, 3.63) is 28.2 Å². The fourth-order valence-corrected chi connectivity index (χ4v) is 3.04. The number of carbonyl (C=O) groups excluding carboxylic acids is 2. The van der Waals surface area contributed by atoms with Crippen LogP contribution >= 0.6 is 15.9 Å². The number of amides is 2. The summed E-state index contributed by atoms with van der Waals surface area (Å²) in [4.78, 5) is 25.7. The van der Waals surface area contributed by atoms with Gasteiger partial charge in [0.1, 0.15) is 6.04 Å². The molecular weight excluding hydrogens is 320 g/mol. The van der Waals surface area contributed by atoms with Gasteiger partial charge in [-0.2, -0.15) is 0 Å². The van der Waals surface area contributed by atoms with Gasteiger partial charge in [-0.25, -0.2) is 0 Å². The number of halogens is 1. The standard InChI is InChI=1S/C15H19BrN2O2/c1-4-10(3)18-14(19)8-13(15(18)20)17-12-6-9(2)5-11(16)7-12/h5-7,10,13,17H,4,8H2,1-3H3. The molecule has 5 heteroatoms. The van der Waals surface area contributed by atoms with Gasteiger partial charge in [0.15, 0.2) is 0 Å². The third-order valence-electron chi connectivity index (χ3n) is 3.60. The van der Waals surface area contributed by atoms with E-state index in [9.17, 15) is 9.59 Å². The predicted molar refractivity (Wildman–Crippen MR) is 82.5 cm³/mol. The maximum Gasteiger partial charge on any atom is 0.252 e. The number of hydrogen-bond donors (Lipinski definition) is 1. The summed E-state index contributed by atoms with van der Waals surface area (Å²) in [6.07, 6.45) is 1.01. The van der Waals surface area contributed by atoms with Crippen molar-refractivity contribution in [3.8, 4) is 0 Å². The third-order valence-corrected chi connectivity index (χ3v) is 4.06. The Morgan fingerprint density at radius 2 is 2.10 bits per heavy atom. The molecule has 0 aliphatic carbocycles. The van der Waals surface area contributed by atoms with Crippen LogP contribution in [0.2, 0.25) is 0 Å². The normalized spacial score (nSPS) is 20.4. The summed E-state index contributed by atoms with van der Waals surface area (Å²) in [6, 6.07) is 5.39. The molecule has 0 radical (unpaired) electrons. The molecule has 2 amide bonds. The molecule has 0 bridgehead atoms. The van der Waals surface area contributed by atoms with Crippen molar-refractivity contribution in [2.45, 2.75) is 45.7 Å². The van der Waals surface area contributed by atoms with Crippen LogP contribution in [0, 0.1) is 6.92 Å². The summed E-state index contributed by atoms with van der Waals surface area (Å²) in [5.74, 6) is -0.212. The van der Waals surface area contributed by atoms with Crippen molar-refractivity contribution in [2.24, 2.45) is 0 Å². The molecule has 108 valence electrons. The fourth-order valence-electron chi connectivity index (χ4n) is 2.43. The maximum absolute atomic E-state index is 12.3. The lowest BCUT2D eigenvalue weighted by molar-refractivity contribution is -0.140. The van der Waals surface area contributed by atoms with Gasteiger partial charge in [0.25, 0.3) is 5.91 Å². The highest BCUT2D eigenvalue weighted by Crippen LogP contribution is 2.24. The van der Waals surface area contributed by atoms with Crippen LogP contribution in [0.1, 0.15) is 32.3 Å². The number of imide groups is 1. The van der Waals surface area contributed by atoms with E-state index in [1.54, 1.807) is 0 Å². The molecule has 20 heavy (non-hydrogen) atoms. The molecule has 0 spiro atoms. The first-order chi connectivity index (χ1) is 9.42. The Balaban J connectivity index is 2.15. The molecule has 1 N–H and O–H groups in total. The molecule has 1 aliphatic heterocycles. The van der Waals surface area contributed by atoms with E-state index in [1.807, 2.05) is 39.0 Å². The molecule has 1 fully saturated rings. The van der Waals surface area contributed by atoms with Gasteiger partial charge in [0, 0.05) is 16.2 Å². The van der Waals surface area contributed by atoms with E-state index in [-0.39, 0.29) is 24.3 Å². The first-order valence-electron chi connectivity index (χ1n) is 6.82. The predicted octanol–water partition coefficient (Wildman–Crippen LogP) is 3.10. The van der Waals surface area contributed by atoms with Crippen molar-refractivity contribution in [2.75, 3.05) is 5.32 Å². The highest BCUT2D eigenvalue weighted by Gasteiger charge is 2.40. The number of benzene rings is 1. The first-order valence-corrected chi connectivity index (χ1v) is 7.61. The zero-order chi connectivity index (χ0) is 14.9. The second kappa shape index (κ2) is 5.95. The van der Waals surface area contributed by atoms with E-state index in [2.05, 4.69) is 21.2 Å². The van der Waals surface area contributed by atoms with E-state index in [1.165, 1.54) is 4.90 Å². The quantitative estimate of drug-likeness (QED) is 0.858. The summed E-state index contributed by atoms with van der Waals surface area (Å²) in [7, 11) is 0. The highest BCUT2D eigenvalue weighted by molar-refractivity contribution is 9.10. The smallest absolute Gasteiger partial charge is 0.252 e. The van der Waals surface area contributed by atoms with Crippen LogP contribution in [-0.4, -0.2) is 28.8 Å². The van der Waals surface area contributed by atoms with Gasteiger partial charge < -0.3 is 5.32 Å². The minimum Gasteiger partial charge on any atom is -0.373 e. The molecule has 1 aliphatic rings. The van der Waals surface area contributed by atoms with Crippen LogP contribution in [0.3, 0.4) is 0 Å². The summed E-state index contributed by atoms with van der Waals surface area (Å²) in [5, 5.41) is 3.17. The Hall–Kier alpha value is -1.36. The molecule has 1 aromatic rings. The Labute approximate surface area is 127 Å². The molecule has 1 heterocycles. The molecule has 1 aromatic carbocycles. The van der Waals surface area contributed by atoms with E-state index < -0.39 is 6.04 Å². The molecule has 2 rings (SSSR count). The molecule has 1 saturated heterocycles. The number of carbonyl (C=O) groups is 2. The third kappa shape index (κ3) is 3.03. The van der Waals surface area contributed by atoms with Gasteiger partial charge in [-0.05, 0) is 44.0 Å². The van der Waals surface area contributed by atoms with Crippen molar-refractivity contribution in [1.82, 2.24) is 4.90 Å². The van der Waals surface area contributed by atoms with Gasteiger partial charge in [0.2, 0.25) is 5.91 Å². The average Bonchev–Trinajstić information content (AvgIpc) is 2.62. The van der Waals surface area contributed by atoms with Gasteiger partial charge in [-0.3, -0.25) is 14.5 Å². The van der Waals surface area contributed by atoms with Crippen LogP contribution < -0.4 is 5.32 Å². The minimum atomic E-state index is -0.454. The zero-order valence-electron chi connectivity index (χ0n) is 11.9. The van der Waals surface area contributed by atoms with Crippen molar-refractivity contribution in [1.29, 1.82) is 0 Å². The van der Waals surface area contributed by atoms with Crippen molar-refractivity contribution in [3.63, 3.8) is 0 Å². The molecule has 4 nitrogen and oxygen atoms in total. The number of aryl methyl sites for hydroxylation is 1. The average molecular weight is 339 g/mol. The second-order valence-corrected chi connectivity index (χ2v) is 6.19. The van der Waals surface area contributed by atoms with Crippen LogP contribution in [0.5, 0.6) is 0 Å². The topological polar surface area (TPSA) is 49.4 Å². The van der Waals surface area contributed by atoms with Crippen LogP contribution in [0.15, 0.2) is 22.7 Å². The van der Waals surface area contributed by atoms with Crippen LogP contribution in [-0.2, 0) is 9.59 Å². The summed E-state index contributed by atoms with van der Waals surface area (Å²) in [5.41, 5.74) is 1.95. The van der Waals surface area contributed by atoms with Crippen molar-refractivity contribution >= 4 is 33.4 Å². The van der Waals surface area contributed by atoms with Gasteiger partial charge in [-0.15, -0.1) is 0 Å². The van der Waals surface area contributed by atoms with Gasteiger partial charge in [-0.1, -0.05) is 22.9 Å². The maximum atomic E-state index is 12.3. The Morgan fingerprint density at radius 1 is 1.40 bits per heavy atom. The van der Waals surface area contributed by atoms with Crippen LogP contribution in [0.25, 0.3) is 0 Å².